The fourth-order valence-electron chi connectivity index (χ4n) is 2.38. The van der Waals surface area contributed by atoms with Gasteiger partial charge in [0.05, 0.1) is 0 Å². The SMILES string of the molecule is CSCC(C)CNc1nc2c(cc1C(=O)O)CCC2. The molecule has 4 nitrogen and oxygen atoms in total. The molecule has 1 aromatic rings. The smallest absolute Gasteiger partial charge is 0.339 e. The van der Waals surface area contributed by atoms with Gasteiger partial charge in [0.2, 0.25) is 0 Å². The van der Waals surface area contributed by atoms with Crippen molar-refractivity contribution in [2.24, 2.45) is 5.92 Å². The molecule has 1 unspecified atom stereocenters. The van der Waals surface area contributed by atoms with Crippen molar-refractivity contribution in [1.82, 2.24) is 4.98 Å². The molecule has 0 radical (unpaired) electrons. The number of aromatic nitrogens is 1. The van der Waals surface area contributed by atoms with Crippen molar-refractivity contribution in [2.75, 3.05) is 23.9 Å². The number of hydrogen-bond donors (Lipinski definition) is 2. The Morgan fingerprint density at radius 3 is 3.05 bits per heavy atom. The van der Waals surface area contributed by atoms with Crippen LogP contribution in [0, 0.1) is 5.92 Å². The normalized spacial score (nSPS) is 15.1. The number of hydrogen-bond acceptors (Lipinski definition) is 4. The van der Waals surface area contributed by atoms with E-state index in [2.05, 4.69) is 23.5 Å². The first kappa shape index (κ1) is 14.2. The molecule has 2 rings (SSSR count). The van der Waals surface area contributed by atoms with E-state index >= 15 is 0 Å². The van der Waals surface area contributed by atoms with E-state index in [0.717, 1.165) is 42.8 Å². The molecule has 0 aliphatic heterocycles. The minimum Gasteiger partial charge on any atom is -0.478 e. The largest absolute Gasteiger partial charge is 0.478 e. The highest BCUT2D eigenvalue weighted by Gasteiger charge is 2.19. The molecule has 1 aliphatic carbocycles. The molecule has 1 atom stereocenters. The molecule has 0 saturated carbocycles. The standard InChI is InChI=1S/C14H20N2O2S/c1-9(8-19-2)7-15-13-11(14(17)18)6-10-4-3-5-12(10)16-13/h6,9H,3-5,7-8H2,1-2H3,(H,15,16)(H,17,18). The maximum atomic E-state index is 11.3. The molecular formula is C14H20N2O2S. The Morgan fingerprint density at radius 1 is 1.58 bits per heavy atom. The third-order valence-electron chi connectivity index (χ3n) is 3.35. The van der Waals surface area contributed by atoms with Crippen LogP contribution in [0.1, 0.15) is 35.0 Å². The molecule has 1 aromatic heterocycles. The first-order valence-corrected chi connectivity index (χ1v) is 8.00. The molecule has 5 heteroatoms. The van der Waals surface area contributed by atoms with Gasteiger partial charge in [-0.25, -0.2) is 9.78 Å². The van der Waals surface area contributed by atoms with Gasteiger partial charge in [-0.2, -0.15) is 11.8 Å². The number of carboxylic acids is 1. The predicted octanol–water partition coefficient (Wildman–Crippen LogP) is 2.68. The van der Waals surface area contributed by atoms with Crippen molar-refractivity contribution in [3.63, 3.8) is 0 Å². The molecule has 0 amide bonds. The number of fused-ring (bicyclic) bond motifs is 1. The molecule has 19 heavy (non-hydrogen) atoms. The quantitative estimate of drug-likeness (QED) is 0.839. The molecule has 1 heterocycles. The maximum Gasteiger partial charge on any atom is 0.339 e. The second-order valence-electron chi connectivity index (χ2n) is 5.09. The number of nitrogens with one attached hydrogen (secondary N) is 1. The summed E-state index contributed by atoms with van der Waals surface area (Å²) in [7, 11) is 0. The van der Waals surface area contributed by atoms with E-state index in [9.17, 15) is 9.90 Å². The van der Waals surface area contributed by atoms with Crippen LogP contribution in [0.3, 0.4) is 0 Å². The molecule has 0 bridgehead atoms. The Morgan fingerprint density at radius 2 is 2.37 bits per heavy atom. The monoisotopic (exact) mass is 280 g/mol. The lowest BCUT2D eigenvalue weighted by Gasteiger charge is -2.14. The highest BCUT2D eigenvalue weighted by Crippen LogP contribution is 2.25. The summed E-state index contributed by atoms with van der Waals surface area (Å²) in [5.41, 5.74) is 2.46. The summed E-state index contributed by atoms with van der Waals surface area (Å²) in [5.74, 6) is 1.18. The second-order valence-corrected chi connectivity index (χ2v) is 6.00. The van der Waals surface area contributed by atoms with E-state index in [1.807, 2.05) is 0 Å². The first-order valence-electron chi connectivity index (χ1n) is 6.60. The number of nitrogens with zero attached hydrogens (tertiary/aromatic N) is 1. The van der Waals surface area contributed by atoms with Crippen LogP contribution in [0.15, 0.2) is 6.07 Å². The number of carbonyl (C=O) groups is 1. The van der Waals surface area contributed by atoms with Crippen LogP contribution < -0.4 is 5.32 Å². The van der Waals surface area contributed by atoms with Crippen molar-refractivity contribution < 1.29 is 9.90 Å². The van der Waals surface area contributed by atoms with Crippen molar-refractivity contribution in [2.45, 2.75) is 26.2 Å². The van der Waals surface area contributed by atoms with Crippen LogP contribution in [0.5, 0.6) is 0 Å². The topological polar surface area (TPSA) is 62.2 Å². The van der Waals surface area contributed by atoms with Gasteiger partial charge in [0.1, 0.15) is 11.4 Å². The molecular weight excluding hydrogens is 260 g/mol. The van der Waals surface area contributed by atoms with E-state index in [1.54, 1.807) is 17.8 Å². The van der Waals surface area contributed by atoms with Gasteiger partial charge in [-0.3, -0.25) is 0 Å². The van der Waals surface area contributed by atoms with Crippen LogP contribution in [0.4, 0.5) is 5.82 Å². The molecule has 0 spiro atoms. The van der Waals surface area contributed by atoms with Crippen molar-refractivity contribution in [3.05, 3.63) is 22.9 Å². The summed E-state index contributed by atoms with van der Waals surface area (Å²) in [6.45, 7) is 2.91. The van der Waals surface area contributed by atoms with Crippen molar-refractivity contribution >= 4 is 23.5 Å². The van der Waals surface area contributed by atoms with Gasteiger partial charge in [-0.1, -0.05) is 6.92 Å². The summed E-state index contributed by atoms with van der Waals surface area (Å²) in [6.07, 6.45) is 5.07. The molecule has 0 fully saturated rings. The van der Waals surface area contributed by atoms with Gasteiger partial charge in [-0.05, 0) is 48.8 Å². The first-order chi connectivity index (χ1) is 9.11. The molecule has 2 N–H and O–H groups in total. The number of aromatic carboxylic acids is 1. The van der Waals surface area contributed by atoms with E-state index in [0.29, 0.717) is 17.3 Å². The van der Waals surface area contributed by atoms with Gasteiger partial charge in [0.25, 0.3) is 0 Å². The average molecular weight is 280 g/mol. The second kappa shape index (κ2) is 6.28. The summed E-state index contributed by atoms with van der Waals surface area (Å²) in [4.78, 5) is 15.8. The van der Waals surface area contributed by atoms with Crippen LogP contribution >= 0.6 is 11.8 Å². The zero-order chi connectivity index (χ0) is 13.8. The van der Waals surface area contributed by atoms with E-state index < -0.39 is 5.97 Å². The van der Waals surface area contributed by atoms with Crippen LogP contribution in [-0.4, -0.2) is 34.6 Å². The summed E-state index contributed by atoms with van der Waals surface area (Å²) in [5, 5.41) is 12.5. The fourth-order valence-corrected chi connectivity index (χ4v) is 3.07. The lowest BCUT2D eigenvalue weighted by molar-refractivity contribution is 0.0697. The number of carboxylic acid groups (broad SMARTS) is 1. The minimum atomic E-state index is -0.901. The van der Waals surface area contributed by atoms with Crippen LogP contribution in [0.25, 0.3) is 0 Å². The molecule has 1 aliphatic rings. The van der Waals surface area contributed by atoms with Crippen molar-refractivity contribution in [1.29, 1.82) is 0 Å². The Bertz CT molecular complexity index is 477. The predicted molar refractivity (Wildman–Crippen MR) is 79.3 cm³/mol. The lowest BCUT2D eigenvalue weighted by atomic mass is 10.1. The van der Waals surface area contributed by atoms with Crippen molar-refractivity contribution in [3.8, 4) is 0 Å². The summed E-state index contributed by atoms with van der Waals surface area (Å²) >= 11 is 1.80. The van der Waals surface area contributed by atoms with Gasteiger partial charge in [0.15, 0.2) is 0 Å². The Kier molecular flexibility index (Phi) is 4.69. The van der Waals surface area contributed by atoms with Crippen LogP contribution in [-0.2, 0) is 12.8 Å². The number of anilines is 1. The minimum absolute atomic E-state index is 0.303. The zero-order valence-electron chi connectivity index (χ0n) is 11.4. The van der Waals surface area contributed by atoms with E-state index in [-0.39, 0.29) is 0 Å². The highest BCUT2D eigenvalue weighted by molar-refractivity contribution is 7.98. The van der Waals surface area contributed by atoms with Gasteiger partial charge >= 0.3 is 5.97 Å². The van der Waals surface area contributed by atoms with Gasteiger partial charge < -0.3 is 10.4 Å². The number of aryl methyl sites for hydroxylation is 2. The van der Waals surface area contributed by atoms with Gasteiger partial charge in [0, 0.05) is 12.2 Å². The number of rotatable bonds is 6. The fraction of sp³-hybridized carbons (Fsp3) is 0.571. The highest BCUT2D eigenvalue weighted by atomic mass is 32.2. The Labute approximate surface area is 118 Å². The summed E-state index contributed by atoms with van der Waals surface area (Å²) in [6, 6.07) is 1.79. The summed E-state index contributed by atoms with van der Waals surface area (Å²) < 4.78 is 0. The Balaban J connectivity index is 2.16. The number of pyridine rings is 1. The molecule has 104 valence electrons. The van der Waals surface area contributed by atoms with E-state index in [4.69, 9.17) is 0 Å². The lowest BCUT2D eigenvalue weighted by Crippen LogP contribution is -2.17. The Hall–Kier alpha value is -1.23. The van der Waals surface area contributed by atoms with E-state index in [1.165, 1.54) is 0 Å². The average Bonchev–Trinajstić information content (AvgIpc) is 2.82. The molecule has 0 saturated heterocycles. The third kappa shape index (κ3) is 3.41. The maximum absolute atomic E-state index is 11.3. The van der Waals surface area contributed by atoms with Gasteiger partial charge in [-0.15, -0.1) is 0 Å². The molecule has 0 aromatic carbocycles. The van der Waals surface area contributed by atoms with Crippen LogP contribution in [0.2, 0.25) is 0 Å². The number of thioether (sulfide) groups is 1. The zero-order valence-corrected chi connectivity index (χ0v) is 12.2. The third-order valence-corrected chi connectivity index (χ3v) is 4.25.